The number of alkyl halides is 12. The summed E-state index contributed by atoms with van der Waals surface area (Å²) >= 11 is 0. The van der Waals surface area contributed by atoms with Crippen LogP contribution in [0.1, 0.15) is 0 Å². The first-order chi connectivity index (χ1) is 11.9. The highest BCUT2D eigenvalue weighted by Crippen LogP contribution is 2.66. The van der Waals surface area contributed by atoms with E-state index in [9.17, 15) is 52.7 Å². The van der Waals surface area contributed by atoms with Gasteiger partial charge in [0.15, 0.2) is 0 Å². The average Bonchev–Trinajstić information content (AvgIpc) is 2.85. The third kappa shape index (κ3) is 2.85. The first-order valence-electron chi connectivity index (χ1n) is 6.60. The Kier molecular flexibility index (Phi) is 4.76. The predicted molar refractivity (Wildman–Crippen MR) is 63.7 cm³/mol. The van der Waals surface area contributed by atoms with Crippen LogP contribution in [0, 0.1) is 0 Å². The minimum atomic E-state index is -7.19. The van der Waals surface area contributed by atoms with Crippen molar-refractivity contribution in [1.82, 2.24) is 0 Å². The van der Waals surface area contributed by atoms with Crippen molar-refractivity contribution in [3.63, 3.8) is 0 Å². The van der Waals surface area contributed by atoms with Crippen LogP contribution in [0.2, 0.25) is 0 Å². The number of benzene rings is 1. The molecule has 15 heteroatoms. The van der Waals surface area contributed by atoms with Gasteiger partial charge in [-0.25, -0.2) is 0 Å². The summed E-state index contributed by atoms with van der Waals surface area (Å²) in [5.74, 6) is 0. The Morgan fingerprint density at radius 3 is 1.11 bits per heavy atom. The van der Waals surface area contributed by atoms with Crippen molar-refractivity contribution in [3.05, 3.63) is 30.3 Å². The molecule has 0 aliphatic carbocycles. The lowest BCUT2D eigenvalue weighted by molar-refractivity contribution is -0.464. The van der Waals surface area contributed by atoms with E-state index < -0.39 is 48.5 Å². The maximum atomic E-state index is 13.2. The molecular weight excluding hydrogens is 415 g/mol. The number of halogens is 12. The third-order valence-corrected chi connectivity index (χ3v) is 3.73. The zero-order valence-electron chi connectivity index (χ0n) is 12.3. The fraction of sp³-hybridized carbons (Fsp3) is 0.500. The summed E-state index contributed by atoms with van der Waals surface area (Å²) in [6, 6.07) is 4.31. The molecule has 1 aromatic carbocycles. The lowest BCUT2D eigenvalue weighted by atomic mass is 9.79. The maximum absolute atomic E-state index is 13.2. The second kappa shape index (κ2) is 5.93. The molecule has 1 heterocycles. The molecule has 152 valence electrons. The van der Waals surface area contributed by atoms with E-state index >= 15 is 0 Å². The molecule has 1 aromatic rings. The highest BCUT2D eigenvalue weighted by atomic mass is 19.4. The van der Waals surface area contributed by atoms with Crippen LogP contribution in [-0.2, 0) is 9.31 Å². The van der Waals surface area contributed by atoms with E-state index in [1.807, 2.05) is 0 Å². The Hall–Kier alpha value is -1.64. The van der Waals surface area contributed by atoms with Crippen LogP contribution in [0.5, 0.6) is 0 Å². The molecule has 1 aliphatic rings. The van der Waals surface area contributed by atoms with Gasteiger partial charge in [0.2, 0.25) is 0 Å². The van der Waals surface area contributed by atoms with Gasteiger partial charge in [0, 0.05) is 0 Å². The lowest BCUT2D eigenvalue weighted by Gasteiger charge is -2.46. The van der Waals surface area contributed by atoms with Gasteiger partial charge in [-0.15, -0.1) is 0 Å². The van der Waals surface area contributed by atoms with Crippen LogP contribution in [-0.4, -0.2) is 43.0 Å². The summed E-state index contributed by atoms with van der Waals surface area (Å²) in [6.07, 6.45) is -28.8. The zero-order chi connectivity index (χ0) is 21.1. The van der Waals surface area contributed by atoms with Crippen LogP contribution in [0.3, 0.4) is 0 Å². The van der Waals surface area contributed by atoms with Gasteiger partial charge in [-0.05, 0) is 5.46 Å². The Morgan fingerprint density at radius 1 is 0.556 bits per heavy atom. The van der Waals surface area contributed by atoms with E-state index in [-0.39, 0.29) is 0 Å². The first kappa shape index (κ1) is 21.7. The van der Waals surface area contributed by atoms with Gasteiger partial charge in [0.05, 0.1) is 0 Å². The molecule has 27 heavy (non-hydrogen) atoms. The van der Waals surface area contributed by atoms with Crippen molar-refractivity contribution in [2.75, 3.05) is 0 Å². The zero-order valence-corrected chi connectivity index (χ0v) is 12.3. The monoisotopic (exact) mass is 420 g/mol. The van der Waals surface area contributed by atoms with Crippen molar-refractivity contribution >= 4 is 12.6 Å². The molecule has 0 N–H and O–H groups in total. The third-order valence-electron chi connectivity index (χ3n) is 3.73. The van der Waals surface area contributed by atoms with E-state index in [4.69, 9.17) is 0 Å². The van der Waals surface area contributed by atoms with Gasteiger partial charge in [-0.2, -0.15) is 52.7 Å². The average molecular weight is 420 g/mol. The summed E-state index contributed by atoms with van der Waals surface area (Å²) in [5.41, 5.74) is -14.4. The Balaban J connectivity index is 2.91. The Labute approximate surface area is 142 Å². The number of hydrogen-bond acceptors (Lipinski definition) is 2. The molecular formula is C12H5BF12O2. The summed E-state index contributed by atoms with van der Waals surface area (Å²) in [5, 5.41) is 0. The summed E-state index contributed by atoms with van der Waals surface area (Å²) in [6.45, 7) is 0. The van der Waals surface area contributed by atoms with Gasteiger partial charge in [-0.3, -0.25) is 0 Å². The molecule has 1 aliphatic heterocycles. The van der Waals surface area contributed by atoms with Crippen LogP contribution < -0.4 is 5.46 Å². The largest absolute Gasteiger partial charge is 0.495 e. The highest BCUT2D eigenvalue weighted by molar-refractivity contribution is 6.62. The fourth-order valence-corrected chi connectivity index (χ4v) is 2.64. The molecule has 0 spiro atoms. The summed E-state index contributed by atoms with van der Waals surface area (Å²) in [7, 11) is -3.25. The van der Waals surface area contributed by atoms with E-state index in [1.165, 1.54) is 0 Å². The second-order valence-electron chi connectivity index (χ2n) is 5.33. The van der Waals surface area contributed by atoms with E-state index in [2.05, 4.69) is 9.31 Å². The Morgan fingerprint density at radius 2 is 0.852 bits per heavy atom. The van der Waals surface area contributed by atoms with Crippen molar-refractivity contribution in [1.29, 1.82) is 0 Å². The normalized spacial score (nSPS) is 20.8. The predicted octanol–water partition coefficient (Wildman–Crippen LogP) is 4.16. The topological polar surface area (TPSA) is 18.5 Å². The smallest absolute Gasteiger partial charge is 0.383 e. The second-order valence-corrected chi connectivity index (χ2v) is 5.33. The quantitative estimate of drug-likeness (QED) is 0.502. The van der Waals surface area contributed by atoms with Crippen molar-refractivity contribution in [3.8, 4) is 0 Å². The van der Waals surface area contributed by atoms with E-state index in [0.29, 0.717) is 12.1 Å². The van der Waals surface area contributed by atoms with Gasteiger partial charge >= 0.3 is 31.8 Å². The molecule has 0 aromatic heterocycles. The maximum Gasteiger partial charge on any atom is 0.495 e. The molecule has 0 saturated carbocycles. The van der Waals surface area contributed by atoms with Crippen LogP contribution in [0.15, 0.2) is 30.3 Å². The Bertz CT molecular complexity index is 607. The van der Waals surface area contributed by atoms with Gasteiger partial charge < -0.3 is 9.31 Å². The molecule has 0 atom stereocenters. The van der Waals surface area contributed by atoms with E-state index in [0.717, 1.165) is 18.2 Å². The van der Waals surface area contributed by atoms with Gasteiger partial charge in [-0.1, -0.05) is 30.3 Å². The molecule has 2 rings (SSSR count). The van der Waals surface area contributed by atoms with Crippen LogP contribution in [0.25, 0.3) is 0 Å². The number of rotatable bonds is 1. The first-order valence-corrected chi connectivity index (χ1v) is 6.60. The molecule has 0 bridgehead atoms. The van der Waals surface area contributed by atoms with Gasteiger partial charge in [0.1, 0.15) is 0 Å². The van der Waals surface area contributed by atoms with Crippen LogP contribution in [0.4, 0.5) is 52.7 Å². The minimum absolute atomic E-state index is 0.644. The van der Waals surface area contributed by atoms with Crippen LogP contribution >= 0.6 is 0 Å². The highest BCUT2D eigenvalue weighted by Gasteiger charge is 2.98. The molecule has 0 radical (unpaired) electrons. The molecule has 1 saturated heterocycles. The van der Waals surface area contributed by atoms with Crippen molar-refractivity contribution in [2.24, 2.45) is 0 Å². The molecule has 0 amide bonds. The minimum Gasteiger partial charge on any atom is -0.383 e. The van der Waals surface area contributed by atoms with Gasteiger partial charge in [0.25, 0.3) is 11.2 Å². The summed E-state index contributed by atoms with van der Waals surface area (Å²) in [4.78, 5) is 0. The SMILES string of the molecule is FC(F)(F)C1(C(F)(F)F)OB(c2ccccc2)OC1(C(F)(F)F)C(F)(F)F. The molecule has 1 fully saturated rings. The summed E-state index contributed by atoms with van der Waals surface area (Å²) < 4.78 is 166. The number of hydrogen-bond donors (Lipinski definition) is 0. The van der Waals surface area contributed by atoms with Crippen molar-refractivity contribution < 1.29 is 62.0 Å². The van der Waals surface area contributed by atoms with E-state index in [1.54, 1.807) is 0 Å². The van der Waals surface area contributed by atoms with Crippen molar-refractivity contribution in [2.45, 2.75) is 35.9 Å². The standard InChI is InChI=1S/C12H5BF12O2/c14-9(15,16)7(10(17,18)19)8(11(20,21)22,12(23,24)25)27-13(26-7)6-4-2-1-3-5-6/h1-5H. The fourth-order valence-electron chi connectivity index (χ4n) is 2.64. The molecule has 0 unspecified atom stereocenters. The lowest BCUT2D eigenvalue weighted by Crippen LogP contribution is -2.79. The molecule has 2 nitrogen and oxygen atoms in total.